The molecule has 3 aromatic rings. The zero-order valence-electron chi connectivity index (χ0n) is 13.7. The Bertz CT molecular complexity index is 898. The number of benzene rings is 1. The van der Waals surface area contributed by atoms with Gasteiger partial charge in [-0.15, -0.1) is 0 Å². The summed E-state index contributed by atoms with van der Waals surface area (Å²) in [4.78, 5) is 20.1. The smallest absolute Gasteiger partial charge is 0.252 e. The summed E-state index contributed by atoms with van der Waals surface area (Å²) in [6.07, 6.45) is 0. The standard InChI is InChI=1S/C17H18N6O/c1-10-9-15(20-14-6-4-13(5-7-14)16(18)24)21-17(19-10)23-12(3)8-11(2)22-23/h4-9H,1-3H3,(H2,18,24)(H,19,20,21). The molecule has 0 saturated heterocycles. The number of rotatable bonds is 4. The van der Waals surface area contributed by atoms with Crippen LogP contribution in [0.2, 0.25) is 0 Å². The highest BCUT2D eigenvalue weighted by Crippen LogP contribution is 2.18. The zero-order valence-corrected chi connectivity index (χ0v) is 13.7. The topological polar surface area (TPSA) is 98.7 Å². The van der Waals surface area contributed by atoms with E-state index < -0.39 is 5.91 Å². The molecule has 0 aliphatic rings. The van der Waals surface area contributed by atoms with Crippen LogP contribution in [-0.4, -0.2) is 25.7 Å². The van der Waals surface area contributed by atoms with Crippen molar-refractivity contribution < 1.29 is 4.79 Å². The third-order valence-corrected chi connectivity index (χ3v) is 3.48. The highest BCUT2D eigenvalue weighted by molar-refractivity contribution is 5.93. The fourth-order valence-corrected chi connectivity index (χ4v) is 2.41. The summed E-state index contributed by atoms with van der Waals surface area (Å²) < 4.78 is 1.71. The molecule has 2 aromatic heterocycles. The van der Waals surface area contributed by atoms with E-state index in [2.05, 4.69) is 20.4 Å². The van der Waals surface area contributed by atoms with Gasteiger partial charge in [0.05, 0.1) is 5.69 Å². The lowest BCUT2D eigenvalue weighted by atomic mass is 10.2. The van der Waals surface area contributed by atoms with Crippen molar-refractivity contribution in [2.45, 2.75) is 20.8 Å². The molecule has 0 aliphatic heterocycles. The van der Waals surface area contributed by atoms with E-state index in [0.717, 1.165) is 22.8 Å². The van der Waals surface area contributed by atoms with Gasteiger partial charge in [0.2, 0.25) is 5.91 Å². The van der Waals surface area contributed by atoms with Crippen LogP contribution in [0.4, 0.5) is 11.5 Å². The summed E-state index contributed by atoms with van der Waals surface area (Å²) >= 11 is 0. The van der Waals surface area contributed by atoms with Gasteiger partial charge in [-0.3, -0.25) is 4.79 Å². The van der Waals surface area contributed by atoms with Crippen molar-refractivity contribution in [1.29, 1.82) is 0 Å². The minimum atomic E-state index is -0.453. The Labute approximate surface area is 139 Å². The summed E-state index contributed by atoms with van der Waals surface area (Å²) in [5.41, 5.74) is 9.21. The number of anilines is 2. The number of carbonyl (C=O) groups is 1. The molecule has 3 rings (SSSR count). The first-order valence-corrected chi connectivity index (χ1v) is 7.48. The minimum Gasteiger partial charge on any atom is -0.366 e. The highest BCUT2D eigenvalue weighted by Gasteiger charge is 2.09. The van der Waals surface area contributed by atoms with Crippen LogP contribution in [-0.2, 0) is 0 Å². The van der Waals surface area contributed by atoms with E-state index in [4.69, 9.17) is 5.73 Å². The molecule has 0 aliphatic carbocycles. The molecule has 7 heteroatoms. The molecule has 0 fully saturated rings. The number of carbonyl (C=O) groups excluding carboxylic acids is 1. The number of nitrogens with one attached hydrogen (secondary N) is 1. The van der Waals surface area contributed by atoms with Gasteiger partial charge in [0.25, 0.3) is 5.95 Å². The van der Waals surface area contributed by atoms with Gasteiger partial charge in [-0.1, -0.05) is 0 Å². The molecule has 24 heavy (non-hydrogen) atoms. The largest absolute Gasteiger partial charge is 0.366 e. The molecule has 1 amide bonds. The Kier molecular flexibility index (Phi) is 3.99. The van der Waals surface area contributed by atoms with Crippen molar-refractivity contribution >= 4 is 17.4 Å². The number of amides is 1. The number of hydrogen-bond acceptors (Lipinski definition) is 5. The maximum Gasteiger partial charge on any atom is 0.252 e. The molecule has 0 saturated carbocycles. The Morgan fingerprint density at radius 3 is 2.33 bits per heavy atom. The van der Waals surface area contributed by atoms with E-state index in [0.29, 0.717) is 17.3 Å². The highest BCUT2D eigenvalue weighted by atomic mass is 16.1. The monoisotopic (exact) mass is 322 g/mol. The van der Waals surface area contributed by atoms with Crippen LogP contribution < -0.4 is 11.1 Å². The lowest BCUT2D eigenvalue weighted by Gasteiger charge is -2.09. The fraction of sp³-hybridized carbons (Fsp3) is 0.176. The van der Waals surface area contributed by atoms with E-state index in [1.165, 1.54) is 0 Å². The molecule has 7 nitrogen and oxygen atoms in total. The van der Waals surface area contributed by atoms with Gasteiger partial charge in [0.15, 0.2) is 0 Å². The van der Waals surface area contributed by atoms with Gasteiger partial charge in [-0.25, -0.2) is 9.67 Å². The average Bonchev–Trinajstić information content (AvgIpc) is 2.86. The Balaban J connectivity index is 1.91. The van der Waals surface area contributed by atoms with Crippen LogP contribution in [0.1, 0.15) is 27.4 Å². The summed E-state index contributed by atoms with van der Waals surface area (Å²) in [6.45, 7) is 5.79. The second-order valence-corrected chi connectivity index (χ2v) is 5.60. The van der Waals surface area contributed by atoms with Gasteiger partial charge < -0.3 is 11.1 Å². The van der Waals surface area contributed by atoms with Gasteiger partial charge in [-0.05, 0) is 51.1 Å². The minimum absolute atomic E-state index is 0.453. The summed E-state index contributed by atoms with van der Waals surface area (Å²) in [5.74, 6) is 0.708. The van der Waals surface area contributed by atoms with Crippen LogP contribution in [0.3, 0.4) is 0 Å². The number of aryl methyl sites for hydroxylation is 3. The Morgan fingerprint density at radius 2 is 1.75 bits per heavy atom. The Hall–Kier alpha value is -3.22. The van der Waals surface area contributed by atoms with Gasteiger partial charge >= 0.3 is 0 Å². The van der Waals surface area contributed by atoms with E-state index in [9.17, 15) is 4.79 Å². The molecular formula is C17H18N6O. The predicted molar refractivity (Wildman–Crippen MR) is 91.6 cm³/mol. The molecule has 0 radical (unpaired) electrons. The number of nitrogens with zero attached hydrogens (tertiary/aromatic N) is 4. The van der Waals surface area contributed by atoms with Gasteiger partial charge in [0.1, 0.15) is 5.82 Å². The van der Waals surface area contributed by atoms with Crippen molar-refractivity contribution in [1.82, 2.24) is 19.7 Å². The quantitative estimate of drug-likeness (QED) is 0.768. The molecule has 0 spiro atoms. The summed E-state index contributed by atoms with van der Waals surface area (Å²) in [6, 6.07) is 10.7. The number of primary amides is 1. The predicted octanol–water partition coefficient (Wildman–Crippen LogP) is 2.43. The Morgan fingerprint density at radius 1 is 1.04 bits per heavy atom. The number of hydrogen-bond donors (Lipinski definition) is 2. The van der Waals surface area contributed by atoms with E-state index in [1.54, 1.807) is 28.9 Å². The first-order valence-electron chi connectivity index (χ1n) is 7.48. The molecule has 2 heterocycles. The van der Waals surface area contributed by atoms with Crippen LogP contribution in [0.5, 0.6) is 0 Å². The zero-order chi connectivity index (χ0) is 17.3. The molecule has 3 N–H and O–H groups in total. The van der Waals surface area contributed by atoms with Crippen molar-refractivity contribution in [3.8, 4) is 5.95 Å². The van der Waals surface area contributed by atoms with E-state index in [1.807, 2.05) is 32.9 Å². The summed E-state index contributed by atoms with van der Waals surface area (Å²) in [5, 5.41) is 7.62. The van der Waals surface area contributed by atoms with Gasteiger partial charge in [0, 0.05) is 28.7 Å². The van der Waals surface area contributed by atoms with Crippen molar-refractivity contribution in [2.24, 2.45) is 5.73 Å². The van der Waals surface area contributed by atoms with E-state index >= 15 is 0 Å². The number of nitrogens with two attached hydrogens (primary N) is 1. The summed E-state index contributed by atoms with van der Waals surface area (Å²) in [7, 11) is 0. The first-order chi connectivity index (χ1) is 11.4. The maximum atomic E-state index is 11.1. The lowest BCUT2D eigenvalue weighted by molar-refractivity contribution is 0.100. The third-order valence-electron chi connectivity index (χ3n) is 3.48. The van der Waals surface area contributed by atoms with Gasteiger partial charge in [-0.2, -0.15) is 10.1 Å². The van der Waals surface area contributed by atoms with Crippen LogP contribution in [0, 0.1) is 20.8 Å². The molecule has 1 aromatic carbocycles. The average molecular weight is 322 g/mol. The second-order valence-electron chi connectivity index (χ2n) is 5.60. The van der Waals surface area contributed by atoms with Crippen molar-refractivity contribution in [3.63, 3.8) is 0 Å². The lowest BCUT2D eigenvalue weighted by Crippen LogP contribution is -2.10. The molecule has 0 bridgehead atoms. The molecular weight excluding hydrogens is 304 g/mol. The second kappa shape index (κ2) is 6.11. The maximum absolute atomic E-state index is 11.1. The number of aromatic nitrogens is 4. The van der Waals surface area contributed by atoms with Crippen molar-refractivity contribution in [3.05, 3.63) is 59.0 Å². The molecule has 122 valence electrons. The van der Waals surface area contributed by atoms with E-state index in [-0.39, 0.29) is 0 Å². The van der Waals surface area contributed by atoms with Crippen molar-refractivity contribution in [2.75, 3.05) is 5.32 Å². The molecule has 0 unspecified atom stereocenters. The SMILES string of the molecule is Cc1cc(Nc2ccc(C(N)=O)cc2)nc(-n2nc(C)cc2C)n1. The molecule has 0 atom stereocenters. The van der Waals surface area contributed by atoms with Crippen LogP contribution >= 0.6 is 0 Å². The van der Waals surface area contributed by atoms with Crippen LogP contribution in [0.15, 0.2) is 36.4 Å². The van der Waals surface area contributed by atoms with Crippen LogP contribution in [0.25, 0.3) is 5.95 Å². The first kappa shape index (κ1) is 15.7. The third kappa shape index (κ3) is 3.24. The normalized spacial score (nSPS) is 10.6. The fourth-order valence-electron chi connectivity index (χ4n) is 2.41.